The summed E-state index contributed by atoms with van der Waals surface area (Å²) in [6.45, 7) is 4.04. The Morgan fingerprint density at radius 1 is 1.25 bits per heavy atom. The van der Waals surface area contributed by atoms with Gasteiger partial charge in [-0.3, -0.25) is 0 Å². The van der Waals surface area contributed by atoms with Gasteiger partial charge in [0, 0.05) is 17.0 Å². The van der Waals surface area contributed by atoms with Crippen LogP contribution in [0.2, 0.25) is 0 Å². The lowest BCUT2D eigenvalue weighted by Crippen LogP contribution is -2.30. The van der Waals surface area contributed by atoms with Gasteiger partial charge in [-0.15, -0.1) is 11.3 Å². The molecule has 1 aromatic heterocycles. The minimum absolute atomic E-state index is 0.0521. The first-order valence-electron chi connectivity index (χ1n) is 6.79. The third kappa shape index (κ3) is 4.13. The van der Waals surface area contributed by atoms with Crippen LogP contribution in [0.25, 0.3) is 0 Å². The van der Waals surface area contributed by atoms with E-state index in [1.165, 1.54) is 6.07 Å². The Morgan fingerprint density at radius 2 is 2.05 bits per heavy atom. The van der Waals surface area contributed by atoms with Crippen molar-refractivity contribution < 1.29 is 9.50 Å². The number of aliphatic hydroxyl groups excluding tert-OH is 1. The van der Waals surface area contributed by atoms with Gasteiger partial charge in [-0.05, 0) is 49.4 Å². The maximum absolute atomic E-state index is 13.2. The molecule has 1 aromatic carbocycles. The van der Waals surface area contributed by atoms with Gasteiger partial charge < -0.3 is 10.4 Å². The van der Waals surface area contributed by atoms with Gasteiger partial charge in [0.25, 0.3) is 0 Å². The Bertz CT molecular complexity index is 529. The number of hydrogen-bond acceptors (Lipinski definition) is 3. The average molecular weight is 293 g/mol. The van der Waals surface area contributed by atoms with E-state index in [0.29, 0.717) is 6.42 Å². The molecular formula is C16H20FNOS. The molecule has 0 fully saturated rings. The Hall–Kier alpha value is -1.23. The predicted molar refractivity (Wildman–Crippen MR) is 81.3 cm³/mol. The van der Waals surface area contributed by atoms with Gasteiger partial charge in [0.2, 0.25) is 0 Å². The first kappa shape index (κ1) is 15.2. The van der Waals surface area contributed by atoms with Crippen molar-refractivity contribution in [2.45, 2.75) is 38.5 Å². The van der Waals surface area contributed by atoms with E-state index in [-0.39, 0.29) is 17.9 Å². The average Bonchev–Trinajstić information content (AvgIpc) is 2.92. The number of hydrogen-bond donors (Lipinski definition) is 2. The quantitative estimate of drug-likeness (QED) is 0.842. The number of rotatable bonds is 6. The van der Waals surface area contributed by atoms with Crippen molar-refractivity contribution in [2.24, 2.45) is 0 Å². The van der Waals surface area contributed by atoms with Crippen LogP contribution in [0, 0.1) is 5.82 Å². The zero-order chi connectivity index (χ0) is 14.5. The largest absolute Gasteiger partial charge is 0.388 e. The van der Waals surface area contributed by atoms with Crippen molar-refractivity contribution in [3.8, 4) is 0 Å². The van der Waals surface area contributed by atoms with Crippen molar-refractivity contribution in [3.63, 3.8) is 0 Å². The third-order valence-electron chi connectivity index (χ3n) is 3.33. The molecule has 2 nitrogen and oxygen atoms in total. The SMILES string of the molecule is CC(CC(O)c1cccs1)NC(C)c1cccc(F)c1. The summed E-state index contributed by atoms with van der Waals surface area (Å²) in [6, 6.07) is 10.7. The van der Waals surface area contributed by atoms with Crippen LogP contribution in [0.3, 0.4) is 0 Å². The molecule has 4 heteroatoms. The topological polar surface area (TPSA) is 32.3 Å². The van der Waals surface area contributed by atoms with E-state index >= 15 is 0 Å². The van der Waals surface area contributed by atoms with Crippen LogP contribution in [0.15, 0.2) is 41.8 Å². The Balaban J connectivity index is 1.89. The number of halogens is 1. The third-order valence-corrected chi connectivity index (χ3v) is 4.31. The molecule has 20 heavy (non-hydrogen) atoms. The van der Waals surface area contributed by atoms with Crippen LogP contribution in [-0.4, -0.2) is 11.1 Å². The second-order valence-corrected chi connectivity index (χ2v) is 6.09. The normalized spacial score (nSPS) is 15.8. The van der Waals surface area contributed by atoms with Crippen molar-refractivity contribution in [2.75, 3.05) is 0 Å². The predicted octanol–water partition coefficient (Wildman–Crippen LogP) is 4.05. The van der Waals surface area contributed by atoms with Crippen LogP contribution >= 0.6 is 11.3 Å². The van der Waals surface area contributed by atoms with E-state index in [0.717, 1.165) is 10.4 Å². The summed E-state index contributed by atoms with van der Waals surface area (Å²) >= 11 is 1.56. The zero-order valence-corrected chi connectivity index (χ0v) is 12.5. The Morgan fingerprint density at radius 3 is 2.70 bits per heavy atom. The Labute approximate surface area is 123 Å². The second kappa shape index (κ2) is 6.97. The van der Waals surface area contributed by atoms with Gasteiger partial charge in [0.1, 0.15) is 5.82 Å². The highest BCUT2D eigenvalue weighted by Gasteiger charge is 2.15. The molecule has 0 aliphatic carbocycles. The first-order valence-corrected chi connectivity index (χ1v) is 7.67. The number of thiophene rings is 1. The van der Waals surface area contributed by atoms with Crippen LogP contribution in [0.5, 0.6) is 0 Å². The summed E-state index contributed by atoms with van der Waals surface area (Å²) in [6.07, 6.45) is 0.192. The van der Waals surface area contributed by atoms with Gasteiger partial charge >= 0.3 is 0 Å². The fraction of sp³-hybridized carbons (Fsp3) is 0.375. The van der Waals surface area contributed by atoms with Gasteiger partial charge in [-0.25, -0.2) is 4.39 Å². The molecule has 0 spiro atoms. The van der Waals surface area contributed by atoms with Gasteiger partial charge in [0.05, 0.1) is 6.10 Å². The molecule has 1 heterocycles. The molecule has 0 aliphatic rings. The maximum atomic E-state index is 13.2. The zero-order valence-electron chi connectivity index (χ0n) is 11.7. The van der Waals surface area contributed by atoms with E-state index in [4.69, 9.17) is 0 Å². The molecule has 3 atom stereocenters. The molecular weight excluding hydrogens is 273 g/mol. The van der Waals surface area contributed by atoms with Gasteiger partial charge in [0.15, 0.2) is 0 Å². The molecule has 108 valence electrons. The lowest BCUT2D eigenvalue weighted by atomic mass is 10.0. The number of aliphatic hydroxyl groups is 1. The van der Waals surface area contributed by atoms with Crippen LogP contribution < -0.4 is 5.32 Å². The second-order valence-electron chi connectivity index (χ2n) is 5.11. The van der Waals surface area contributed by atoms with E-state index in [1.807, 2.05) is 37.4 Å². The van der Waals surface area contributed by atoms with Crippen LogP contribution in [0.1, 0.15) is 42.9 Å². The van der Waals surface area contributed by atoms with Crippen molar-refractivity contribution in [1.29, 1.82) is 0 Å². The molecule has 2 aromatic rings. The number of benzene rings is 1. The van der Waals surface area contributed by atoms with E-state index in [2.05, 4.69) is 5.32 Å². The van der Waals surface area contributed by atoms with Crippen LogP contribution in [0.4, 0.5) is 4.39 Å². The summed E-state index contributed by atoms with van der Waals surface area (Å²) in [5.41, 5.74) is 0.919. The highest BCUT2D eigenvalue weighted by Crippen LogP contribution is 2.24. The van der Waals surface area contributed by atoms with E-state index in [1.54, 1.807) is 23.5 Å². The fourth-order valence-electron chi connectivity index (χ4n) is 2.30. The summed E-state index contributed by atoms with van der Waals surface area (Å²) in [5.74, 6) is -0.220. The van der Waals surface area contributed by atoms with E-state index in [9.17, 15) is 9.50 Å². The van der Waals surface area contributed by atoms with Crippen molar-refractivity contribution in [1.82, 2.24) is 5.32 Å². The molecule has 0 amide bonds. The molecule has 0 radical (unpaired) electrons. The molecule has 2 N–H and O–H groups in total. The Kier molecular flexibility index (Phi) is 5.29. The van der Waals surface area contributed by atoms with Gasteiger partial charge in [-0.1, -0.05) is 18.2 Å². The van der Waals surface area contributed by atoms with E-state index < -0.39 is 6.10 Å². The summed E-state index contributed by atoms with van der Waals surface area (Å²) < 4.78 is 13.2. The molecule has 0 aliphatic heterocycles. The summed E-state index contributed by atoms with van der Waals surface area (Å²) in [5, 5.41) is 15.5. The summed E-state index contributed by atoms with van der Waals surface area (Å²) in [7, 11) is 0. The molecule has 3 unspecified atom stereocenters. The highest BCUT2D eigenvalue weighted by atomic mass is 32.1. The molecule has 0 saturated heterocycles. The lowest BCUT2D eigenvalue weighted by molar-refractivity contribution is 0.155. The minimum Gasteiger partial charge on any atom is -0.388 e. The van der Waals surface area contributed by atoms with Crippen LogP contribution in [-0.2, 0) is 0 Å². The minimum atomic E-state index is -0.447. The van der Waals surface area contributed by atoms with Crippen molar-refractivity contribution >= 4 is 11.3 Å². The maximum Gasteiger partial charge on any atom is 0.123 e. The number of nitrogens with one attached hydrogen (secondary N) is 1. The monoisotopic (exact) mass is 293 g/mol. The molecule has 0 saturated carbocycles. The van der Waals surface area contributed by atoms with Crippen molar-refractivity contribution in [3.05, 3.63) is 58.0 Å². The molecule has 0 bridgehead atoms. The smallest absolute Gasteiger partial charge is 0.123 e. The summed E-state index contributed by atoms with van der Waals surface area (Å²) in [4.78, 5) is 0.983. The van der Waals surface area contributed by atoms with Gasteiger partial charge in [-0.2, -0.15) is 0 Å². The fourth-order valence-corrected chi connectivity index (χ4v) is 3.02. The molecule has 2 rings (SSSR count). The first-order chi connectivity index (χ1) is 9.56. The highest BCUT2D eigenvalue weighted by molar-refractivity contribution is 7.10. The standard InChI is InChI=1S/C16H20FNOS/c1-11(9-15(19)16-7-4-8-20-16)18-12(2)13-5-3-6-14(17)10-13/h3-8,10-12,15,18-19H,9H2,1-2H3. The lowest BCUT2D eigenvalue weighted by Gasteiger charge is -2.22.